The lowest BCUT2D eigenvalue weighted by molar-refractivity contribution is -0.154. The SMILES string of the molecule is C[C@@H](OC(=O)[C@H]1C[C@@H]1C)C(=O)Nc1cc(Cl)cc(Cl)c1. The smallest absolute Gasteiger partial charge is 0.309 e. The highest BCUT2D eigenvalue weighted by atomic mass is 35.5. The van der Waals surface area contributed by atoms with Crippen LogP contribution in [0.25, 0.3) is 0 Å². The molecule has 0 saturated heterocycles. The predicted molar refractivity (Wildman–Crippen MR) is 77.9 cm³/mol. The third-order valence-electron chi connectivity index (χ3n) is 3.20. The minimum Gasteiger partial charge on any atom is -0.452 e. The molecule has 6 heteroatoms. The zero-order valence-corrected chi connectivity index (χ0v) is 12.7. The van der Waals surface area contributed by atoms with Crippen LogP contribution in [0.1, 0.15) is 20.3 Å². The molecule has 2 rings (SSSR count). The van der Waals surface area contributed by atoms with Gasteiger partial charge in [0.2, 0.25) is 0 Å². The summed E-state index contributed by atoms with van der Waals surface area (Å²) in [6, 6.07) is 4.71. The summed E-state index contributed by atoms with van der Waals surface area (Å²) in [7, 11) is 0. The van der Waals surface area contributed by atoms with Gasteiger partial charge in [-0.2, -0.15) is 0 Å². The number of benzene rings is 1. The van der Waals surface area contributed by atoms with E-state index in [4.69, 9.17) is 27.9 Å². The highest BCUT2D eigenvalue weighted by Gasteiger charge is 2.41. The quantitative estimate of drug-likeness (QED) is 0.865. The second-order valence-corrected chi connectivity index (χ2v) is 5.92. The normalized spacial score (nSPS) is 22.0. The minimum absolute atomic E-state index is 0.0640. The monoisotopic (exact) mass is 315 g/mol. The van der Waals surface area contributed by atoms with Gasteiger partial charge in [0, 0.05) is 15.7 Å². The van der Waals surface area contributed by atoms with E-state index in [9.17, 15) is 9.59 Å². The van der Waals surface area contributed by atoms with Crippen LogP contribution in [0, 0.1) is 11.8 Å². The highest BCUT2D eigenvalue weighted by Crippen LogP contribution is 2.38. The van der Waals surface area contributed by atoms with E-state index in [1.165, 1.54) is 6.92 Å². The first-order chi connectivity index (χ1) is 9.36. The fourth-order valence-corrected chi connectivity index (χ4v) is 2.36. The molecule has 0 aliphatic heterocycles. The Labute approximate surface area is 127 Å². The Morgan fingerprint density at radius 3 is 2.35 bits per heavy atom. The van der Waals surface area contributed by atoms with Crippen LogP contribution >= 0.6 is 23.2 Å². The third-order valence-corrected chi connectivity index (χ3v) is 3.64. The summed E-state index contributed by atoms with van der Waals surface area (Å²) >= 11 is 11.7. The molecule has 1 aromatic carbocycles. The van der Waals surface area contributed by atoms with Crippen molar-refractivity contribution in [2.24, 2.45) is 11.8 Å². The summed E-state index contributed by atoms with van der Waals surface area (Å²) in [6.07, 6.45) is -0.0232. The van der Waals surface area contributed by atoms with Crippen molar-refractivity contribution in [1.29, 1.82) is 0 Å². The standard InChI is InChI=1S/C14H15Cl2NO3/c1-7-3-12(7)14(19)20-8(2)13(18)17-11-5-9(15)4-10(16)6-11/h4-8,12H,3H2,1-2H3,(H,17,18)/t7-,8+,12-/m0/s1. The molecule has 20 heavy (non-hydrogen) atoms. The molecule has 1 fully saturated rings. The number of hydrogen-bond acceptors (Lipinski definition) is 3. The molecule has 0 spiro atoms. The van der Waals surface area contributed by atoms with Crippen molar-refractivity contribution in [3.05, 3.63) is 28.2 Å². The first-order valence-electron chi connectivity index (χ1n) is 6.34. The summed E-state index contributed by atoms with van der Waals surface area (Å²) in [5, 5.41) is 3.46. The summed E-state index contributed by atoms with van der Waals surface area (Å²) < 4.78 is 5.12. The second kappa shape index (κ2) is 6.02. The number of ether oxygens (including phenoxy) is 1. The lowest BCUT2D eigenvalue weighted by Gasteiger charge is -2.13. The zero-order valence-electron chi connectivity index (χ0n) is 11.2. The van der Waals surface area contributed by atoms with E-state index in [0.29, 0.717) is 21.7 Å². The van der Waals surface area contributed by atoms with Crippen LogP contribution in [0.15, 0.2) is 18.2 Å². The fraction of sp³-hybridized carbons (Fsp3) is 0.429. The highest BCUT2D eigenvalue weighted by molar-refractivity contribution is 6.35. The summed E-state index contributed by atoms with van der Waals surface area (Å²) in [6.45, 7) is 3.51. The maximum Gasteiger partial charge on any atom is 0.309 e. The van der Waals surface area contributed by atoms with Crippen LogP contribution < -0.4 is 5.32 Å². The first-order valence-corrected chi connectivity index (χ1v) is 7.10. The van der Waals surface area contributed by atoms with E-state index in [2.05, 4.69) is 5.32 Å². The Bertz CT molecular complexity index is 527. The summed E-state index contributed by atoms with van der Waals surface area (Å²) in [5.41, 5.74) is 0.468. The number of halogens is 2. The van der Waals surface area contributed by atoms with E-state index in [1.54, 1.807) is 18.2 Å². The third kappa shape index (κ3) is 3.87. The fourth-order valence-electron chi connectivity index (χ4n) is 1.84. The van der Waals surface area contributed by atoms with Gasteiger partial charge < -0.3 is 10.1 Å². The average molecular weight is 316 g/mol. The number of carbonyl (C=O) groups excluding carboxylic acids is 2. The van der Waals surface area contributed by atoms with Crippen LogP contribution in [-0.2, 0) is 14.3 Å². The number of hydrogen-bond donors (Lipinski definition) is 1. The minimum atomic E-state index is -0.854. The molecule has 1 N–H and O–H groups in total. The molecule has 0 heterocycles. The van der Waals surface area contributed by atoms with E-state index in [-0.39, 0.29) is 11.9 Å². The lowest BCUT2D eigenvalue weighted by Crippen LogP contribution is -2.30. The van der Waals surface area contributed by atoms with Gasteiger partial charge >= 0.3 is 5.97 Å². The number of nitrogens with one attached hydrogen (secondary N) is 1. The van der Waals surface area contributed by atoms with Gasteiger partial charge in [-0.25, -0.2) is 0 Å². The van der Waals surface area contributed by atoms with Gasteiger partial charge in [0.15, 0.2) is 6.10 Å². The van der Waals surface area contributed by atoms with Crippen LogP contribution in [-0.4, -0.2) is 18.0 Å². The predicted octanol–water partition coefficient (Wildman–Crippen LogP) is 3.52. The largest absolute Gasteiger partial charge is 0.452 e. The maximum atomic E-state index is 11.9. The Morgan fingerprint density at radius 2 is 1.85 bits per heavy atom. The van der Waals surface area contributed by atoms with E-state index < -0.39 is 12.0 Å². The van der Waals surface area contributed by atoms with Gasteiger partial charge in [-0.1, -0.05) is 30.1 Å². The molecule has 108 valence electrons. The van der Waals surface area contributed by atoms with Crippen molar-refractivity contribution in [3.8, 4) is 0 Å². The summed E-state index contributed by atoms with van der Waals surface area (Å²) in [5.74, 6) is -0.440. The van der Waals surface area contributed by atoms with Gasteiger partial charge in [-0.15, -0.1) is 0 Å². The van der Waals surface area contributed by atoms with E-state index in [1.807, 2.05) is 6.92 Å². The second-order valence-electron chi connectivity index (χ2n) is 5.05. The van der Waals surface area contributed by atoms with E-state index in [0.717, 1.165) is 6.42 Å². The number of amides is 1. The Morgan fingerprint density at radius 1 is 1.30 bits per heavy atom. The van der Waals surface area contributed by atoms with Crippen molar-refractivity contribution in [3.63, 3.8) is 0 Å². The molecule has 0 bridgehead atoms. The molecule has 1 amide bonds. The molecule has 3 atom stereocenters. The van der Waals surface area contributed by atoms with Crippen molar-refractivity contribution in [2.75, 3.05) is 5.32 Å². The van der Waals surface area contributed by atoms with Crippen molar-refractivity contribution < 1.29 is 14.3 Å². The van der Waals surface area contributed by atoms with E-state index >= 15 is 0 Å². The van der Waals surface area contributed by atoms with Gasteiger partial charge in [-0.3, -0.25) is 9.59 Å². The molecule has 1 saturated carbocycles. The Kier molecular flexibility index (Phi) is 4.55. The van der Waals surface area contributed by atoms with Gasteiger partial charge in [0.25, 0.3) is 5.91 Å². The van der Waals surface area contributed by atoms with Gasteiger partial charge in [0.1, 0.15) is 0 Å². The molecule has 0 aromatic heterocycles. The summed E-state index contributed by atoms with van der Waals surface area (Å²) in [4.78, 5) is 23.6. The van der Waals surface area contributed by atoms with Crippen LogP contribution in [0.2, 0.25) is 10.0 Å². The molecule has 1 aromatic rings. The number of esters is 1. The molecule has 1 aliphatic rings. The van der Waals surface area contributed by atoms with Crippen molar-refractivity contribution in [2.45, 2.75) is 26.4 Å². The first kappa shape index (κ1) is 15.1. The topological polar surface area (TPSA) is 55.4 Å². The Hall–Kier alpha value is -1.26. The molecular formula is C14H15Cl2NO3. The maximum absolute atomic E-state index is 11.9. The Balaban J connectivity index is 1.91. The van der Waals surface area contributed by atoms with Crippen LogP contribution in [0.3, 0.4) is 0 Å². The molecule has 1 aliphatic carbocycles. The molecular weight excluding hydrogens is 301 g/mol. The average Bonchev–Trinajstić information content (AvgIpc) is 3.04. The molecule has 0 unspecified atom stereocenters. The lowest BCUT2D eigenvalue weighted by atomic mass is 10.3. The number of anilines is 1. The van der Waals surface area contributed by atoms with Crippen molar-refractivity contribution >= 4 is 40.8 Å². The van der Waals surface area contributed by atoms with Crippen LogP contribution in [0.4, 0.5) is 5.69 Å². The van der Waals surface area contributed by atoms with Gasteiger partial charge in [-0.05, 0) is 37.5 Å². The van der Waals surface area contributed by atoms with Crippen LogP contribution in [0.5, 0.6) is 0 Å². The zero-order chi connectivity index (χ0) is 14.9. The van der Waals surface area contributed by atoms with Gasteiger partial charge in [0.05, 0.1) is 5.92 Å². The van der Waals surface area contributed by atoms with Crippen molar-refractivity contribution in [1.82, 2.24) is 0 Å². The molecule has 0 radical (unpaired) electrons. The number of rotatable bonds is 4. The molecule has 4 nitrogen and oxygen atoms in total. The number of carbonyl (C=O) groups is 2.